The molecule has 3 aromatic heterocycles. The van der Waals surface area contributed by atoms with Gasteiger partial charge in [-0.2, -0.15) is 0 Å². The molecule has 4 heteroatoms. The number of rotatable bonds is 8. The van der Waals surface area contributed by atoms with E-state index in [0.29, 0.717) is 5.82 Å². The van der Waals surface area contributed by atoms with Crippen LogP contribution in [0, 0.1) is 0 Å². The number of pyridine rings is 1. The molecule has 13 rings (SSSR count). The molecule has 10 aromatic carbocycles. The van der Waals surface area contributed by atoms with Crippen molar-refractivity contribution in [3.05, 3.63) is 249 Å². The first-order valence-corrected chi connectivity index (χ1v) is 23.3. The normalized spacial score (nSPS) is 11.5. The number of furan rings is 1. The van der Waals surface area contributed by atoms with E-state index >= 15 is 0 Å². The van der Waals surface area contributed by atoms with E-state index < -0.39 is 0 Å². The Morgan fingerprint density at radius 2 is 0.725 bits per heavy atom. The average Bonchev–Trinajstić information content (AvgIpc) is 3.81. The van der Waals surface area contributed by atoms with E-state index in [-0.39, 0.29) is 0 Å². The van der Waals surface area contributed by atoms with Crippen LogP contribution in [0.15, 0.2) is 253 Å². The average molecular weight is 880 g/mol. The molecule has 0 aliphatic heterocycles. The predicted octanol–water partition coefficient (Wildman–Crippen LogP) is 17.4. The van der Waals surface area contributed by atoms with E-state index in [0.717, 1.165) is 127 Å². The van der Waals surface area contributed by atoms with Crippen molar-refractivity contribution in [3.63, 3.8) is 0 Å². The fraction of sp³-hybridized carbons (Fsp3) is 0. The van der Waals surface area contributed by atoms with E-state index in [1.54, 1.807) is 0 Å². The number of benzene rings is 10. The van der Waals surface area contributed by atoms with Crippen LogP contribution in [0.2, 0.25) is 0 Å². The minimum absolute atomic E-state index is 0.673. The standard InChI is InChI=1S/C65H41N3O/c1-4-17-42(18-5-1)47-23-14-26-50(37-47)57-41-58(68-65(67-57)52-28-16-25-49(39-52)43-19-6-2-7-20-43)51-27-15-24-48(38-51)44-33-35-45(36-34-44)61-62-53-29-10-12-31-56(53)66-64(46-21-8-3-9-22-46)55(62)40-60-63(61)54-30-11-13-32-59(54)69-60/h1-41H. The van der Waals surface area contributed by atoms with Crippen LogP contribution in [0.3, 0.4) is 0 Å². The molecule has 0 bridgehead atoms. The van der Waals surface area contributed by atoms with Gasteiger partial charge in [0.1, 0.15) is 11.2 Å². The van der Waals surface area contributed by atoms with Crippen molar-refractivity contribution in [2.24, 2.45) is 0 Å². The molecule has 0 fully saturated rings. The van der Waals surface area contributed by atoms with Crippen molar-refractivity contribution in [3.8, 4) is 89.7 Å². The van der Waals surface area contributed by atoms with Gasteiger partial charge in [-0.15, -0.1) is 0 Å². The molecule has 0 radical (unpaired) electrons. The molecule has 0 saturated carbocycles. The first kappa shape index (κ1) is 40.1. The smallest absolute Gasteiger partial charge is 0.160 e. The number of hydrogen-bond donors (Lipinski definition) is 0. The molecule has 0 aliphatic rings. The second-order valence-corrected chi connectivity index (χ2v) is 17.5. The molecular formula is C65H41N3O. The van der Waals surface area contributed by atoms with Crippen molar-refractivity contribution in [2.45, 2.75) is 0 Å². The fourth-order valence-corrected chi connectivity index (χ4v) is 9.94. The first-order valence-electron chi connectivity index (χ1n) is 23.3. The van der Waals surface area contributed by atoms with Gasteiger partial charge in [0.05, 0.1) is 22.6 Å². The van der Waals surface area contributed by atoms with Gasteiger partial charge in [-0.05, 0) is 81.4 Å². The number of nitrogens with zero attached hydrogens (tertiary/aromatic N) is 3. The molecule has 0 saturated heterocycles. The third-order valence-electron chi connectivity index (χ3n) is 13.3. The Labute approximate surface area is 399 Å². The fourth-order valence-electron chi connectivity index (χ4n) is 9.94. The maximum atomic E-state index is 6.66. The van der Waals surface area contributed by atoms with Crippen LogP contribution in [0.25, 0.3) is 133 Å². The van der Waals surface area contributed by atoms with Crippen LogP contribution in [-0.2, 0) is 0 Å². The van der Waals surface area contributed by atoms with Crippen molar-refractivity contribution in [1.29, 1.82) is 0 Å². The second kappa shape index (κ2) is 16.9. The predicted molar refractivity (Wildman–Crippen MR) is 286 cm³/mol. The third-order valence-corrected chi connectivity index (χ3v) is 13.3. The number of para-hydroxylation sites is 2. The molecule has 4 nitrogen and oxygen atoms in total. The second-order valence-electron chi connectivity index (χ2n) is 17.5. The van der Waals surface area contributed by atoms with Gasteiger partial charge < -0.3 is 4.42 Å². The molecule has 0 amide bonds. The summed E-state index contributed by atoms with van der Waals surface area (Å²) < 4.78 is 6.66. The summed E-state index contributed by atoms with van der Waals surface area (Å²) in [7, 11) is 0. The van der Waals surface area contributed by atoms with E-state index in [9.17, 15) is 0 Å². The zero-order chi connectivity index (χ0) is 45.7. The van der Waals surface area contributed by atoms with Crippen LogP contribution in [0.1, 0.15) is 0 Å². The molecule has 322 valence electrons. The number of hydrogen-bond acceptors (Lipinski definition) is 4. The van der Waals surface area contributed by atoms with Crippen molar-refractivity contribution in [2.75, 3.05) is 0 Å². The Morgan fingerprint density at radius 1 is 0.261 bits per heavy atom. The van der Waals surface area contributed by atoms with Crippen LogP contribution in [0.4, 0.5) is 0 Å². The highest BCUT2D eigenvalue weighted by Crippen LogP contribution is 2.46. The van der Waals surface area contributed by atoms with Crippen molar-refractivity contribution >= 4 is 43.6 Å². The van der Waals surface area contributed by atoms with Crippen LogP contribution in [-0.4, -0.2) is 15.0 Å². The van der Waals surface area contributed by atoms with E-state index in [1.165, 1.54) is 0 Å². The van der Waals surface area contributed by atoms with Gasteiger partial charge in [0.25, 0.3) is 0 Å². The van der Waals surface area contributed by atoms with Gasteiger partial charge in [-0.25, -0.2) is 15.0 Å². The maximum Gasteiger partial charge on any atom is 0.160 e. The third kappa shape index (κ3) is 7.32. The monoisotopic (exact) mass is 879 g/mol. The van der Waals surface area contributed by atoms with E-state index in [4.69, 9.17) is 19.4 Å². The van der Waals surface area contributed by atoms with Gasteiger partial charge >= 0.3 is 0 Å². The minimum atomic E-state index is 0.673. The van der Waals surface area contributed by atoms with Crippen molar-refractivity contribution in [1.82, 2.24) is 15.0 Å². The molecule has 13 aromatic rings. The molecule has 69 heavy (non-hydrogen) atoms. The maximum absolute atomic E-state index is 6.66. The summed E-state index contributed by atoms with van der Waals surface area (Å²) in [5, 5.41) is 5.51. The molecule has 0 N–H and O–H groups in total. The molecular weight excluding hydrogens is 839 g/mol. The Kier molecular flexibility index (Phi) is 9.80. The summed E-state index contributed by atoms with van der Waals surface area (Å²) in [5.74, 6) is 0.673. The number of fused-ring (bicyclic) bond motifs is 6. The molecule has 0 unspecified atom stereocenters. The van der Waals surface area contributed by atoms with Gasteiger partial charge in [0, 0.05) is 54.7 Å². The first-order chi connectivity index (χ1) is 34.2. The SMILES string of the molecule is c1ccc(-c2cccc(-c3cc(-c4cccc(-c5ccc(-c6c7c(cc8c(-c9ccccc9)nc9ccccc9c68)oc6ccccc67)cc5)c4)nc(-c4cccc(-c5ccccc5)c4)n3)c2)cc1. The summed E-state index contributed by atoms with van der Waals surface area (Å²) in [4.78, 5) is 15.9. The van der Waals surface area contributed by atoms with Crippen LogP contribution >= 0.6 is 0 Å². The molecule has 3 heterocycles. The molecule has 0 atom stereocenters. The number of aromatic nitrogens is 3. The van der Waals surface area contributed by atoms with E-state index in [1.807, 2.05) is 24.3 Å². The lowest BCUT2D eigenvalue weighted by molar-refractivity contribution is 0.669. The topological polar surface area (TPSA) is 51.8 Å². The summed E-state index contributed by atoms with van der Waals surface area (Å²) in [6, 6.07) is 87.4. The molecule has 0 spiro atoms. The highest BCUT2D eigenvalue weighted by atomic mass is 16.3. The molecule has 0 aliphatic carbocycles. The van der Waals surface area contributed by atoms with Gasteiger partial charge in [0.15, 0.2) is 5.82 Å². The van der Waals surface area contributed by atoms with E-state index in [2.05, 4.69) is 224 Å². The summed E-state index contributed by atoms with van der Waals surface area (Å²) in [5.41, 5.74) is 18.4. The quantitative estimate of drug-likeness (QED) is 0.143. The lowest BCUT2D eigenvalue weighted by Gasteiger charge is -2.16. The lowest BCUT2D eigenvalue weighted by atomic mass is 9.89. The summed E-state index contributed by atoms with van der Waals surface area (Å²) in [6.45, 7) is 0. The Morgan fingerprint density at radius 3 is 1.35 bits per heavy atom. The van der Waals surface area contributed by atoms with Crippen LogP contribution in [0.5, 0.6) is 0 Å². The van der Waals surface area contributed by atoms with Crippen molar-refractivity contribution < 1.29 is 4.42 Å². The minimum Gasteiger partial charge on any atom is -0.456 e. The van der Waals surface area contributed by atoms with Gasteiger partial charge in [0.2, 0.25) is 0 Å². The van der Waals surface area contributed by atoms with Gasteiger partial charge in [-0.3, -0.25) is 0 Å². The van der Waals surface area contributed by atoms with Gasteiger partial charge in [-0.1, -0.05) is 206 Å². The zero-order valence-corrected chi connectivity index (χ0v) is 37.4. The Bertz CT molecular complexity index is 3950. The Balaban J connectivity index is 0.949. The summed E-state index contributed by atoms with van der Waals surface area (Å²) >= 11 is 0. The highest BCUT2D eigenvalue weighted by Gasteiger charge is 2.22. The lowest BCUT2D eigenvalue weighted by Crippen LogP contribution is -1.96. The highest BCUT2D eigenvalue weighted by molar-refractivity contribution is 6.27. The Hall–Kier alpha value is -9.25. The zero-order valence-electron chi connectivity index (χ0n) is 37.4. The van der Waals surface area contributed by atoms with Crippen LogP contribution < -0.4 is 0 Å². The largest absolute Gasteiger partial charge is 0.456 e. The summed E-state index contributed by atoms with van der Waals surface area (Å²) in [6.07, 6.45) is 0.